The molecular formula is C14H11BrClN3O2. The summed E-state index contributed by atoms with van der Waals surface area (Å²) in [4.78, 5) is 27.7. The van der Waals surface area contributed by atoms with E-state index in [1.165, 1.54) is 19.3 Å². The Hall–Kier alpha value is -1.92. The lowest BCUT2D eigenvalue weighted by Crippen LogP contribution is -2.19. The van der Waals surface area contributed by atoms with Crippen LogP contribution in [0.3, 0.4) is 0 Å². The molecule has 0 saturated carbocycles. The Morgan fingerprint density at radius 3 is 2.62 bits per heavy atom. The maximum atomic E-state index is 12.1. The minimum absolute atomic E-state index is 0.299. The first kappa shape index (κ1) is 15.5. The van der Waals surface area contributed by atoms with E-state index in [-0.39, 0.29) is 11.8 Å². The van der Waals surface area contributed by atoms with Crippen molar-refractivity contribution in [2.75, 3.05) is 12.4 Å². The molecule has 21 heavy (non-hydrogen) atoms. The van der Waals surface area contributed by atoms with Crippen molar-refractivity contribution in [2.24, 2.45) is 0 Å². The maximum Gasteiger partial charge on any atom is 0.255 e. The van der Waals surface area contributed by atoms with Gasteiger partial charge in [0, 0.05) is 24.5 Å². The first-order valence-electron chi connectivity index (χ1n) is 5.96. The highest BCUT2D eigenvalue weighted by atomic mass is 79.9. The van der Waals surface area contributed by atoms with Crippen molar-refractivity contribution in [3.05, 3.63) is 57.3 Å². The van der Waals surface area contributed by atoms with Crippen LogP contribution in [0.2, 0.25) is 5.02 Å². The monoisotopic (exact) mass is 367 g/mol. The minimum atomic E-state index is -0.317. The average Bonchev–Trinajstić information content (AvgIpc) is 2.48. The Morgan fingerprint density at radius 2 is 1.95 bits per heavy atom. The molecule has 7 heteroatoms. The molecule has 0 fully saturated rings. The zero-order valence-corrected chi connectivity index (χ0v) is 13.3. The van der Waals surface area contributed by atoms with Crippen LogP contribution in [0.15, 0.2) is 41.1 Å². The topological polar surface area (TPSA) is 71.1 Å². The van der Waals surface area contributed by atoms with Crippen LogP contribution in [0.5, 0.6) is 0 Å². The number of nitrogens with zero attached hydrogens (tertiary/aromatic N) is 1. The highest BCUT2D eigenvalue weighted by molar-refractivity contribution is 9.10. The third-order valence-electron chi connectivity index (χ3n) is 2.68. The molecule has 5 nitrogen and oxygen atoms in total. The summed E-state index contributed by atoms with van der Waals surface area (Å²) < 4.78 is 0.567. The lowest BCUT2D eigenvalue weighted by molar-refractivity contribution is 0.0961. The zero-order valence-electron chi connectivity index (χ0n) is 11.0. The largest absolute Gasteiger partial charge is 0.355 e. The van der Waals surface area contributed by atoms with Gasteiger partial charge in [-0.25, -0.2) is 4.98 Å². The molecule has 1 heterocycles. The standard InChI is InChI=1S/C14H11BrClN3O2/c1-17-14(21)10-7-9(2-3-11(10)16)19-13(20)8-4-5-18-12(15)6-8/h2-7H,1H3,(H,17,21)(H,19,20). The summed E-state index contributed by atoms with van der Waals surface area (Å²) in [5.41, 5.74) is 1.23. The van der Waals surface area contributed by atoms with E-state index in [1.54, 1.807) is 24.3 Å². The van der Waals surface area contributed by atoms with E-state index in [9.17, 15) is 9.59 Å². The lowest BCUT2D eigenvalue weighted by Gasteiger charge is -2.08. The number of carbonyl (C=O) groups is 2. The summed E-state index contributed by atoms with van der Waals surface area (Å²) >= 11 is 9.16. The zero-order chi connectivity index (χ0) is 15.4. The van der Waals surface area contributed by atoms with Crippen LogP contribution in [-0.2, 0) is 0 Å². The van der Waals surface area contributed by atoms with E-state index in [0.717, 1.165) is 0 Å². The van der Waals surface area contributed by atoms with Gasteiger partial charge in [-0.2, -0.15) is 0 Å². The van der Waals surface area contributed by atoms with Gasteiger partial charge in [0.1, 0.15) is 4.60 Å². The van der Waals surface area contributed by atoms with Crippen LogP contribution in [0.1, 0.15) is 20.7 Å². The highest BCUT2D eigenvalue weighted by Crippen LogP contribution is 2.21. The number of aromatic nitrogens is 1. The predicted molar refractivity (Wildman–Crippen MR) is 84.7 cm³/mol. The third kappa shape index (κ3) is 3.80. The van der Waals surface area contributed by atoms with Gasteiger partial charge in [0.05, 0.1) is 10.6 Å². The Labute approximate surface area is 134 Å². The first-order valence-corrected chi connectivity index (χ1v) is 7.13. The molecule has 0 atom stereocenters. The molecule has 0 radical (unpaired) electrons. The van der Waals surface area contributed by atoms with E-state index < -0.39 is 0 Å². The van der Waals surface area contributed by atoms with Gasteiger partial charge >= 0.3 is 0 Å². The molecule has 1 aromatic carbocycles. The van der Waals surface area contributed by atoms with E-state index in [2.05, 4.69) is 31.5 Å². The molecule has 0 spiro atoms. The number of pyridine rings is 1. The summed E-state index contributed by atoms with van der Waals surface area (Å²) in [6.07, 6.45) is 1.52. The maximum absolute atomic E-state index is 12.1. The molecule has 0 aliphatic rings. The number of halogens is 2. The SMILES string of the molecule is CNC(=O)c1cc(NC(=O)c2ccnc(Br)c2)ccc1Cl. The summed E-state index contributed by atoms with van der Waals surface area (Å²) in [5, 5.41) is 5.52. The van der Waals surface area contributed by atoms with Crippen molar-refractivity contribution >= 4 is 45.0 Å². The van der Waals surface area contributed by atoms with Crippen LogP contribution in [-0.4, -0.2) is 23.8 Å². The van der Waals surface area contributed by atoms with Gasteiger partial charge in [0.15, 0.2) is 0 Å². The number of carbonyl (C=O) groups excluding carboxylic acids is 2. The summed E-state index contributed by atoms with van der Waals surface area (Å²) in [5.74, 6) is -0.619. The predicted octanol–water partition coefficient (Wildman–Crippen LogP) is 3.11. The molecule has 0 aliphatic carbocycles. The Kier molecular flexibility index (Phi) is 4.93. The summed E-state index contributed by atoms with van der Waals surface area (Å²) in [6.45, 7) is 0. The van der Waals surface area contributed by atoms with Gasteiger partial charge in [0.2, 0.25) is 0 Å². The number of hydrogen-bond donors (Lipinski definition) is 2. The molecule has 2 aromatic rings. The number of nitrogens with one attached hydrogen (secondary N) is 2. The number of amides is 2. The smallest absolute Gasteiger partial charge is 0.255 e. The lowest BCUT2D eigenvalue weighted by atomic mass is 10.1. The second-order valence-corrected chi connectivity index (χ2v) is 5.31. The molecule has 0 aliphatic heterocycles. The molecule has 2 N–H and O–H groups in total. The van der Waals surface area contributed by atoms with E-state index in [4.69, 9.17) is 11.6 Å². The Bertz CT molecular complexity index is 706. The van der Waals surface area contributed by atoms with Gasteiger partial charge in [-0.05, 0) is 46.3 Å². The van der Waals surface area contributed by atoms with Crippen molar-refractivity contribution in [1.82, 2.24) is 10.3 Å². The molecular weight excluding hydrogens is 358 g/mol. The Balaban J connectivity index is 2.24. The van der Waals surface area contributed by atoms with Crippen LogP contribution in [0.4, 0.5) is 5.69 Å². The normalized spacial score (nSPS) is 10.0. The van der Waals surface area contributed by atoms with Crippen LogP contribution in [0.25, 0.3) is 0 Å². The quantitative estimate of drug-likeness (QED) is 0.818. The fraction of sp³-hybridized carbons (Fsp3) is 0.0714. The third-order valence-corrected chi connectivity index (χ3v) is 3.45. The second kappa shape index (κ2) is 6.69. The molecule has 0 saturated heterocycles. The molecule has 2 rings (SSSR count). The average molecular weight is 369 g/mol. The molecule has 0 bridgehead atoms. The number of hydrogen-bond acceptors (Lipinski definition) is 3. The fourth-order valence-electron chi connectivity index (χ4n) is 1.66. The minimum Gasteiger partial charge on any atom is -0.355 e. The summed E-state index contributed by atoms with van der Waals surface area (Å²) in [6, 6.07) is 7.91. The first-order chi connectivity index (χ1) is 10.0. The number of anilines is 1. The fourth-order valence-corrected chi connectivity index (χ4v) is 2.23. The molecule has 1 aromatic heterocycles. The van der Waals surface area contributed by atoms with E-state index in [0.29, 0.717) is 26.4 Å². The van der Waals surface area contributed by atoms with Crippen molar-refractivity contribution in [3.63, 3.8) is 0 Å². The van der Waals surface area contributed by atoms with E-state index >= 15 is 0 Å². The van der Waals surface area contributed by atoms with Gasteiger partial charge in [-0.3, -0.25) is 9.59 Å². The van der Waals surface area contributed by atoms with Crippen LogP contribution in [0, 0.1) is 0 Å². The van der Waals surface area contributed by atoms with E-state index in [1.807, 2.05) is 0 Å². The van der Waals surface area contributed by atoms with Crippen molar-refractivity contribution in [1.29, 1.82) is 0 Å². The molecule has 2 amide bonds. The summed E-state index contributed by atoms with van der Waals surface area (Å²) in [7, 11) is 1.51. The number of rotatable bonds is 3. The molecule has 108 valence electrons. The van der Waals surface area contributed by atoms with Crippen molar-refractivity contribution < 1.29 is 9.59 Å². The van der Waals surface area contributed by atoms with Gasteiger partial charge < -0.3 is 10.6 Å². The highest BCUT2D eigenvalue weighted by Gasteiger charge is 2.12. The molecule has 0 unspecified atom stereocenters. The van der Waals surface area contributed by atoms with Crippen molar-refractivity contribution in [2.45, 2.75) is 0 Å². The van der Waals surface area contributed by atoms with Crippen molar-refractivity contribution in [3.8, 4) is 0 Å². The van der Waals surface area contributed by atoms with Crippen LogP contribution >= 0.6 is 27.5 Å². The van der Waals surface area contributed by atoms with Crippen LogP contribution < -0.4 is 10.6 Å². The second-order valence-electron chi connectivity index (χ2n) is 4.10. The number of benzene rings is 1. The van der Waals surface area contributed by atoms with Gasteiger partial charge in [-0.1, -0.05) is 11.6 Å². The van der Waals surface area contributed by atoms with Gasteiger partial charge in [0.25, 0.3) is 11.8 Å². The van der Waals surface area contributed by atoms with Gasteiger partial charge in [-0.15, -0.1) is 0 Å². The Morgan fingerprint density at radius 1 is 1.19 bits per heavy atom.